The number of aromatic nitrogens is 1. The van der Waals surface area contributed by atoms with Gasteiger partial charge in [0, 0.05) is 30.5 Å². The number of nitrogens with zero attached hydrogens (tertiary/aromatic N) is 2. The van der Waals surface area contributed by atoms with E-state index in [9.17, 15) is 4.79 Å². The number of fused-ring (bicyclic) bond motifs is 1. The molecule has 3 aromatic rings. The predicted octanol–water partition coefficient (Wildman–Crippen LogP) is 6.69. The van der Waals surface area contributed by atoms with E-state index in [0.717, 1.165) is 65.7 Å². The monoisotopic (exact) mass is 541 g/mol. The summed E-state index contributed by atoms with van der Waals surface area (Å²) >= 11 is 1.61. The molecule has 0 radical (unpaired) electrons. The van der Waals surface area contributed by atoms with Crippen LogP contribution in [0.1, 0.15) is 58.0 Å². The highest BCUT2D eigenvalue weighted by Gasteiger charge is 2.24. The Bertz CT molecular complexity index is 1080. The maximum atomic E-state index is 11.4. The molecule has 2 aromatic carbocycles. The number of aryl methyl sites for hydroxylation is 1. The molecule has 1 unspecified atom stereocenters. The Labute approximate surface area is 232 Å². The molecule has 208 valence electrons. The maximum Gasteiger partial charge on any atom is 0.239 e. The minimum atomic E-state index is -0.217. The number of methoxy groups -OCH3 is 1. The van der Waals surface area contributed by atoms with E-state index in [0.29, 0.717) is 18.3 Å². The van der Waals surface area contributed by atoms with Gasteiger partial charge in [0.2, 0.25) is 18.4 Å². The number of benzene rings is 2. The van der Waals surface area contributed by atoms with E-state index in [1.165, 1.54) is 0 Å². The van der Waals surface area contributed by atoms with Crippen molar-refractivity contribution in [2.24, 2.45) is 0 Å². The van der Waals surface area contributed by atoms with Crippen molar-refractivity contribution in [2.45, 2.75) is 73.3 Å². The highest BCUT2D eigenvalue weighted by molar-refractivity contribution is 7.09. The second kappa shape index (κ2) is 16.7. The van der Waals surface area contributed by atoms with Crippen LogP contribution in [0.3, 0.4) is 0 Å². The number of thiazole rings is 1. The molecule has 38 heavy (non-hydrogen) atoms. The van der Waals surface area contributed by atoms with Crippen LogP contribution >= 0.6 is 11.3 Å². The zero-order valence-electron chi connectivity index (χ0n) is 23.8. The second-order valence-corrected chi connectivity index (χ2v) is 9.61. The van der Waals surface area contributed by atoms with E-state index in [4.69, 9.17) is 14.2 Å². The van der Waals surface area contributed by atoms with Gasteiger partial charge in [-0.3, -0.25) is 4.79 Å². The summed E-state index contributed by atoms with van der Waals surface area (Å²) in [6, 6.07) is 14.4. The fourth-order valence-electron chi connectivity index (χ4n) is 4.05. The number of amides is 1. The second-order valence-electron chi connectivity index (χ2n) is 8.67. The van der Waals surface area contributed by atoms with E-state index in [-0.39, 0.29) is 6.29 Å². The van der Waals surface area contributed by atoms with Gasteiger partial charge >= 0.3 is 0 Å². The summed E-state index contributed by atoms with van der Waals surface area (Å²) in [5, 5.41) is 6.48. The van der Waals surface area contributed by atoms with Crippen molar-refractivity contribution >= 4 is 17.7 Å². The van der Waals surface area contributed by atoms with Crippen molar-refractivity contribution < 1.29 is 19.0 Å². The Morgan fingerprint density at radius 3 is 2.55 bits per heavy atom. The molecule has 0 bridgehead atoms. The van der Waals surface area contributed by atoms with Crippen LogP contribution in [0.15, 0.2) is 47.8 Å². The van der Waals surface area contributed by atoms with Crippen LogP contribution in [0, 0.1) is 6.92 Å². The molecule has 1 N–H and O–H groups in total. The average Bonchev–Trinajstić information content (AvgIpc) is 3.56. The van der Waals surface area contributed by atoms with Crippen molar-refractivity contribution in [1.82, 2.24) is 15.2 Å². The molecule has 2 atom stereocenters. The lowest BCUT2D eigenvalue weighted by Crippen LogP contribution is -2.40. The number of likely N-dealkylation sites (N-methyl/N-ethyl adjacent to an activating group) is 1. The minimum absolute atomic E-state index is 0.217. The van der Waals surface area contributed by atoms with E-state index < -0.39 is 0 Å². The van der Waals surface area contributed by atoms with Gasteiger partial charge in [-0.2, -0.15) is 0 Å². The Morgan fingerprint density at radius 1 is 1.18 bits per heavy atom. The van der Waals surface area contributed by atoms with E-state index >= 15 is 0 Å². The first kappa shape index (κ1) is 31.1. The molecular weight excluding hydrogens is 498 g/mol. The third kappa shape index (κ3) is 9.33. The number of rotatable bonds is 11. The number of hydrogen-bond acceptors (Lipinski definition) is 7. The highest BCUT2D eigenvalue weighted by atomic mass is 32.1. The van der Waals surface area contributed by atoms with Crippen LogP contribution in [0.5, 0.6) is 17.2 Å². The largest absolute Gasteiger partial charge is 0.493 e. The van der Waals surface area contributed by atoms with Gasteiger partial charge in [-0.25, -0.2) is 4.98 Å². The summed E-state index contributed by atoms with van der Waals surface area (Å²) in [7, 11) is 1.63. The highest BCUT2D eigenvalue weighted by Crippen LogP contribution is 2.43. The summed E-state index contributed by atoms with van der Waals surface area (Å²) in [6.45, 7) is 14.3. The lowest BCUT2D eigenvalue weighted by Gasteiger charge is -2.24. The summed E-state index contributed by atoms with van der Waals surface area (Å²) in [4.78, 5) is 17.9. The summed E-state index contributed by atoms with van der Waals surface area (Å²) < 4.78 is 16.0. The summed E-state index contributed by atoms with van der Waals surface area (Å²) in [5.41, 5.74) is 3.20. The summed E-state index contributed by atoms with van der Waals surface area (Å²) in [6.07, 6.45) is 2.90. The fourth-order valence-corrected chi connectivity index (χ4v) is 4.88. The molecule has 0 fully saturated rings. The topological polar surface area (TPSA) is 72.9 Å². The van der Waals surface area contributed by atoms with E-state index in [2.05, 4.69) is 41.7 Å². The van der Waals surface area contributed by atoms with Crippen LogP contribution < -0.4 is 19.5 Å². The van der Waals surface area contributed by atoms with Gasteiger partial charge in [-0.05, 0) is 37.6 Å². The van der Waals surface area contributed by atoms with Gasteiger partial charge < -0.3 is 24.4 Å². The molecule has 0 aliphatic carbocycles. The molecule has 1 aliphatic rings. The average molecular weight is 542 g/mol. The van der Waals surface area contributed by atoms with Crippen molar-refractivity contribution in [1.29, 1.82) is 0 Å². The van der Waals surface area contributed by atoms with Crippen molar-refractivity contribution in [3.8, 4) is 28.5 Å². The molecule has 2 heterocycles. The number of carbonyl (C=O) groups excluding carboxylic acids is 1. The lowest BCUT2D eigenvalue weighted by molar-refractivity contribution is -0.119. The van der Waals surface area contributed by atoms with Gasteiger partial charge in [-0.15, -0.1) is 11.3 Å². The molecule has 0 saturated carbocycles. The van der Waals surface area contributed by atoms with Gasteiger partial charge in [0.25, 0.3) is 0 Å². The smallest absolute Gasteiger partial charge is 0.239 e. The lowest BCUT2D eigenvalue weighted by atomic mass is 10.1. The maximum absolute atomic E-state index is 11.4. The number of hydrogen-bond donors (Lipinski definition) is 1. The number of carbonyl (C=O) groups is 1. The van der Waals surface area contributed by atoms with Crippen molar-refractivity contribution in [2.75, 3.05) is 20.2 Å². The van der Waals surface area contributed by atoms with Crippen molar-refractivity contribution in [3.05, 3.63) is 58.4 Å². The van der Waals surface area contributed by atoms with Crippen molar-refractivity contribution in [3.63, 3.8) is 0 Å². The molecule has 7 nitrogen and oxygen atoms in total. The first-order chi connectivity index (χ1) is 18.5. The fraction of sp³-hybridized carbons (Fsp3) is 0.467. The first-order valence-electron chi connectivity index (χ1n) is 13.4. The quantitative estimate of drug-likeness (QED) is 0.273. The van der Waals surface area contributed by atoms with E-state index in [1.807, 2.05) is 62.9 Å². The van der Waals surface area contributed by atoms with Gasteiger partial charge in [0.05, 0.1) is 19.3 Å². The Kier molecular flexibility index (Phi) is 13.7. The third-order valence-electron chi connectivity index (χ3n) is 5.66. The summed E-state index contributed by atoms with van der Waals surface area (Å²) in [5.74, 6) is 2.21. The Hall–Kier alpha value is -3.10. The standard InChI is InChI=1S/C18H25N3OS.C10H12O3.C2H6/c1-3-8-16(19-4-2)11-21(14-22)12-18-20-17(13-23-18)15-9-6-5-7-10-15;1-6-4-8(11-3)10-9(5-6)12-7(2)13-10;1-2/h5-7,9-10,13-14,16,19H,3-4,8,11-12H2,1-2H3;4-5,7H,1-3H3;1-2H3/t16-;;/m0../s1. The first-order valence-corrected chi connectivity index (χ1v) is 14.3. The van der Waals surface area contributed by atoms with E-state index in [1.54, 1.807) is 18.4 Å². The zero-order chi connectivity index (χ0) is 27.9. The molecule has 8 heteroatoms. The van der Waals surface area contributed by atoms with Gasteiger partial charge in [0.1, 0.15) is 5.01 Å². The predicted molar refractivity (Wildman–Crippen MR) is 156 cm³/mol. The Balaban J connectivity index is 0.000000284. The van der Waals surface area contributed by atoms with Crippen LogP contribution in [0.25, 0.3) is 11.3 Å². The van der Waals surface area contributed by atoms with Crippen LogP contribution in [-0.2, 0) is 11.3 Å². The molecule has 0 spiro atoms. The number of nitrogens with one attached hydrogen (secondary N) is 1. The molecule has 1 amide bonds. The Morgan fingerprint density at radius 2 is 1.92 bits per heavy atom. The number of ether oxygens (including phenoxy) is 3. The van der Waals surface area contributed by atoms with Gasteiger partial charge in [0.15, 0.2) is 11.5 Å². The molecule has 1 aliphatic heterocycles. The molecule has 1 aromatic heterocycles. The van der Waals surface area contributed by atoms with Gasteiger partial charge in [-0.1, -0.05) is 64.4 Å². The minimum Gasteiger partial charge on any atom is -0.493 e. The molecular formula is C30H43N3O4S. The van der Waals surface area contributed by atoms with Crippen LogP contribution in [-0.4, -0.2) is 48.8 Å². The van der Waals surface area contributed by atoms with Crippen LogP contribution in [0.2, 0.25) is 0 Å². The SMILES string of the molecule is CC.CCC[C@@H](CN(C=O)Cc1nc(-c2ccccc2)cs1)NCC.COc1cc(C)cc2c1OC(C)O2. The zero-order valence-corrected chi connectivity index (χ0v) is 24.6. The third-order valence-corrected chi connectivity index (χ3v) is 6.49. The normalized spacial score (nSPS) is 13.9. The van der Waals surface area contributed by atoms with Crippen LogP contribution in [0.4, 0.5) is 0 Å². The molecule has 0 saturated heterocycles. The molecule has 4 rings (SSSR count).